The van der Waals surface area contributed by atoms with Crippen molar-refractivity contribution in [1.82, 2.24) is 0 Å². The summed E-state index contributed by atoms with van der Waals surface area (Å²) in [5.74, 6) is -1.07. The lowest BCUT2D eigenvalue weighted by atomic mass is 10.0. The highest BCUT2D eigenvalue weighted by Gasteiger charge is 2.19. The van der Waals surface area contributed by atoms with Crippen molar-refractivity contribution in [2.45, 2.75) is 226 Å². The Labute approximate surface area is 345 Å². The van der Waals surface area contributed by atoms with Crippen LogP contribution in [0.25, 0.3) is 0 Å². The van der Waals surface area contributed by atoms with Crippen LogP contribution in [0, 0.1) is 0 Å². The average molecular weight is 783 g/mol. The Bertz CT molecular complexity index is 1040. The van der Waals surface area contributed by atoms with Gasteiger partial charge in [-0.2, -0.15) is 0 Å². The predicted molar refractivity (Wildman–Crippen MR) is 238 cm³/mol. The van der Waals surface area contributed by atoms with E-state index in [0.717, 1.165) is 70.6 Å². The van der Waals surface area contributed by atoms with E-state index >= 15 is 0 Å². The summed E-state index contributed by atoms with van der Waals surface area (Å²) in [6.07, 6.45) is 53.9. The van der Waals surface area contributed by atoms with E-state index in [1.165, 1.54) is 109 Å². The third-order valence-corrected chi connectivity index (χ3v) is 9.82. The van der Waals surface area contributed by atoms with E-state index in [4.69, 9.17) is 14.2 Å². The van der Waals surface area contributed by atoms with Crippen molar-refractivity contribution in [3.63, 3.8) is 0 Å². The van der Waals surface area contributed by atoms with Gasteiger partial charge in [0.25, 0.3) is 0 Å². The number of carbonyl (C=O) groups is 3. The Kier molecular flexibility index (Phi) is 42.5. The Morgan fingerprint density at radius 3 is 1.34 bits per heavy atom. The summed E-state index contributed by atoms with van der Waals surface area (Å²) in [7, 11) is 0. The van der Waals surface area contributed by atoms with Gasteiger partial charge in [-0.05, 0) is 51.4 Å². The third kappa shape index (κ3) is 42.3. The molecule has 322 valence electrons. The van der Waals surface area contributed by atoms with Crippen LogP contribution in [0.15, 0.2) is 60.8 Å². The van der Waals surface area contributed by atoms with E-state index in [2.05, 4.69) is 69.4 Å². The maximum atomic E-state index is 12.7. The molecule has 1 unspecified atom stereocenters. The lowest BCUT2D eigenvalue weighted by molar-refractivity contribution is -0.166. The van der Waals surface area contributed by atoms with E-state index in [1.807, 2.05) is 6.08 Å². The van der Waals surface area contributed by atoms with Crippen LogP contribution in [0.5, 0.6) is 0 Å². The molecular formula is C50H86O6. The third-order valence-electron chi connectivity index (χ3n) is 9.82. The molecule has 0 heterocycles. The molecule has 0 fully saturated rings. The molecule has 0 radical (unpaired) electrons. The molecule has 0 amide bonds. The summed E-state index contributed by atoms with van der Waals surface area (Å²) >= 11 is 0. The maximum Gasteiger partial charge on any atom is 0.309 e. The Balaban J connectivity index is 4.35. The molecule has 6 heteroatoms. The molecule has 0 spiro atoms. The van der Waals surface area contributed by atoms with E-state index < -0.39 is 12.1 Å². The van der Waals surface area contributed by atoms with Crippen molar-refractivity contribution in [1.29, 1.82) is 0 Å². The number of ether oxygens (including phenoxy) is 3. The van der Waals surface area contributed by atoms with Gasteiger partial charge in [-0.1, -0.05) is 210 Å². The zero-order valence-corrected chi connectivity index (χ0v) is 36.6. The fraction of sp³-hybridized carbons (Fsp3) is 0.740. The molecule has 6 nitrogen and oxygen atoms in total. The fourth-order valence-corrected chi connectivity index (χ4v) is 6.30. The van der Waals surface area contributed by atoms with Gasteiger partial charge in [0.1, 0.15) is 13.2 Å². The Morgan fingerprint density at radius 2 is 0.821 bits per heavy atom. The minimum Gasteiger partial charge on any atom is -0.462 e. The number of hydrogen-bond donors (Lipinski definition) is 0. The molecule has 0 aromatic heterocycles. The van der Waals surface area contributed by atoms with E-state index in [-0.39, 0.29) is 38.0 Å². The first kappa shape index (κ1) is 53.1. The molecule has 0 N–H and O–H groups in total. The normalized spacial score (nSPS) is 12.6. The number of carbonyl (C=O) groups excluding carboxylic acids is 3. The zero-order chi connectivity index (χ0) is 40.8. The minimum atomic E-state index is -0.818. The molecule has 0 aromatic carbocycles. The van der Waals surface area contributed by atoms with Gasteiger partial charge in [-0.15, -0.1) is 0 Å². The first-order chi connectivity index (χ1) is 27.5. The van der Waals surface area contributed by atoms with Crippen LogP contribution >= 0.6 is 0 Å². The van der Waals surface area contributed by atoms with E-state index in [1.54, 1.807) is 6.08 Å². The molecule has 0 saturated heterocycles. The number of unbranched alkanes of at least 4 members (excludes halogenated alkanes) is 22. The van der Waals surface area contributed by atoms with Crippen molar-refractivity contribution in [2.24, 2.45) is 0 Å². The molecule has 0 aliphatic heterocycles. The first-order valence-corrected chi connectivity index (χ1v) is 23.3. The second-order valence-electron chi connectivity index (χ2n) is 15.3. The van der Waals surface area contributed by atoms with Gasteiger partial charge in [0.05, 0.1) is 6.42 Å². The Morgan fingerprint density at radius 1 is 0.411 bits per heavy atom. The number of allylic oxidation sites excluding steroid dienone is 9. The standard InChI is InChI=1S/C50H86O6/c1-4-7-10-13-16-19-21-22-23-24-25-26-27-29-31-34-37-40-43-49(52)55-46-47(45-54-48(51)42-39-36-33-30-18-15-12-9-6-3)56-50(53)44-41-38-35-32-28-20-17-14-11-8-5-2/h9,12,14,17-18,20,28,30,36,39,47H,4-8,10-11,13,15-16,19,21-27,29,31-35,37-38,40-46H2,1-3H3/b12-9-,17-14-,28-20-,30-18-,39-36-. The quantitative estimate of drug-likeness (QED) is 0.0202. The minimum absolute atomic E-state index is 0.111. The molecule has 0 aromatic rings. The van der Waals surface area contributed by atoms with E-state index in [9.17, 15) is 14.4 Å². The number of esters is 3. The average Bonchev–Trinajstić information content (AvgIpc) is 3.19. The summed E-state index contributed by atoms with van der Waals surface area (Å²) in [6, 6.07) is 0. The highest BCUT2D eigenvalue weighted by Crippen LogP contribution is 2.15. The molecule has 0 aliphatic rings. The van der Waals surface area contributed by atoms with E-state index in [0.29, 0.717) is 6.42 Å². The number of hydrogen-bond acceptors (Lipinski definition) is 6. The maximum absolute atomic E-state index is 12.7. The van der Waals surface area contributed by atoms with Crippen molar-refractivity contribution in [3.05, 3.63) is 60.8 Å². The lowest BCUT2D eigenvalue weighted by Gasteiger charge is -2.18. The molecule has 56 heavy (non-hydrogen) atoms. The first-order valence-electron chi connectivity index (χ1n) is 23.3. The monoisotopic (exact) mass is 783 g/mol. The van der Waals surface area contributed by atoms with Crippen LogP contribution in [-0.2, 0) is 28.6 Å². The van der Waals surface area contributed by atoms with Gasteiger partial charge in [0.15, 0.2) is 6.10 Å². The van der Waals surface area contributed by atoms with Gasteiger partial charge < -0.3 is 14.2 Å². The smallest absolute Gasteiger partial charge is 0.309 e. The van der Waals surface area contributed by atoms with Gasteiger partial charge in [-0.3, -0.25) is 14.4 Å². The molecule has 0 saturated carbocycles. The molecule has 0 aliphatic carbocycles. The van der Waals surface area contributed by atoms with Crippen molar-refractivity contribution < 1.29 is 28.6 Å². The highest BCUT2D eigenvalue weighted by molar-refractivity contribution is 5.72. The van der Waals surface area contributed by atoms with Crippen LogP contribution in [-0.4, -0.2) is 37.2 Å². The topological polar surface area (TPSA) is 78.9 Å². The van der Waals surface area contributed by atoms with Crippen molar-refractivity contribution >= 4 is 17.9 Å². The van der Waals surface area contributed by atoms with Crippen LogP contribution in [0.1, 0.15) is 220 Å². The summed E-state index contributed by atoms with van der Waals surface area (Å²) in [6.45, 7) is 6.34. The van der Waals surface area contributed by atoms with Gasteiger partial charge in [0.2, 0.25) is 0 Å². The molecule has 1 atom stereocenters. The van der Waals surface area contributed by atoms with Gasteiger partial charge >= 0.3 is 17.9 Å². The summed E-state index contributed by atoms with van der Waals surface area (Å²) in [5, 5.41) is 0. The van der Waals surface area contributed by atoms with Gasteiger partial charge in [-0.25, -0.2) is 0 Å². The summed E-state index contributed by atoms with van der Waals surface area (Å²) in [4.78, 5) is 37.6. The molecule has 0 bridgehead atoms. The summed E-state index contributed by atoms with van der Waals surface area (Å²) < 4.78 is 16.6. The predicted octanol–water partition coefficient (Wildman–Crippen LogP) is 14.9. The summed E-state index contributed by atoms with van der Waals surface area (Å²) in [5.41, 5.74) is 0. The number of rotatable bonds is 41. The van der Waals surface area contributed by atoms with Gasteiger partial charge in [0, 0.05) is 12.8 Å². The Hall–Kier alpha value is -2.89. The second-order valence-corrected chi connectivity index (χ2v) is 15.3. The van der Waals surface area contributed by atoms with Crippen molar-refractivity contribution in [3.8, 4) is 0 Å². The van der Waals surface area contributed by atoms with Crippen LogP contribution in [0.2, 0.25) is 0 Å². The largest absolute Gasteiger partial charge is 0.462 e. The second kappa shape index (κ2) is 44.8. The van der Waals surface area contributed by atoms with Crippen molar-refractivity contribution in [2.75, 3.05) is 13.2 Å². The van der Waals surface area contributed by atoms with Crippen LogP contribution in [0.4, 0.5) is 0 Å². The fourth-order valence-electron chi connectivity index (χ4n) is 6.30. The zero-order valence-electron chi connectivity index (χ0n) is 36.6. The SMILES string of the molecule is CC/C=C\C/C=C\C/C=C\CC(=O)OCC(COC(=O)CCCCCCCCCCCCCCCCCCCC)OC(=O)CCCCC/C=C\C=C/CCCC. The molecule has 0 rings (SSSR count). The van der Waals surface area contributed by atoms with Crippen LogP contribution < -0.4 is 0 Å². The van der Waals surface area contributed by atoms with Crippen LogP contribution in [0.3, 0.4) is 0 Å². The molecular weight excluding hydrogens is 697 g/mol. The highest BCUT2D eigenvalue weighted by atomic mass is 16.6. The lowest BCUT2D eigenvalue weighted by Crippen LogP contribution is -2.30.